The van der Waals surface area contributed by atoms with E-state index in [4.69, 9.17) is 0 Å². The maximum Gasteiger partial charge on any atom is 0.244 e. The van der Waals surface area contributed by atoms with Crippen molar-refractivity contribution >= 4 is 17.6 Å². The standard InChI is InChI=1S/C22H24N4O/c27-22(12-11-19-16-23-21-10-4-5-15-26(19)21)24-17-20(25-13-6-7-14-25)18-8-2-1-3-9-18/h1-5,8-12,15-16,20H,6-7,13-14,17H2,(H,24,27)/b12-11+. The van der Waals surface area contributed by atoms with Crippen molar-refractivity contribution in [2.75, 3.05) is 19.6 Å². The van der Waals surface area contributed by atoms with Gasteiger partial charge in [-0.15, -0.1) is 0 Å². The number of carbonyl (C=O) groups is 1. The second kappa shape index (κ2) is 8.18. The molecule has 3 heterocycles. The van der Waals surface area contributed by atoms with E-state index in [1.165, 1.54) is 18.4 Å². The van der Waals surface area contributed by atoms with Crippen LogP contribution in [0.4, 0.5) is 0 Å². The molecule has 27 heavy (non-hydrogen) atoms. The number of nitrogens with one attached hydrogen (secondary N) is 1. The summed E-state index contributed by atoms with van der Waals surface area (Å²) in [6, 6.07) is 16.5. The van der Waals surface area contributed by atoms with Gasteiger partial charge in [-0.25, -0.2) is 4.98 Å². The number of pyridine rings is 1. The third-order valence-corrected chi connectivity index (χ3v) is 5.09. The molecule has 1 atom stereocenters. The summed E-state index contributed by atoms with van der Waals surface area (Å²) in [6.45, 7) is 2.79. The molecule has 5 nitrogen and oxygen atoms in total. The van der Waals surface area contributed by atoms with Gasteiger partial charge >= 0.3 is 0 Å². The molecular formula is C22H24N4O. The summed E-state index contributed by atoms with van der Waals surface area (Å²) >= 11 is 0. The molecular weight excluding hydrogens is 336 g/mol. The van der Waals surface area contributed by atoms with Crippen molar-refractivity contribution in [2.45, 2.75) is 18.9 Å². The zero-order chi connectivity index (χ0) is 18.5. The first-order chi connectivity index (χ1) is 13.3. The number of imidazole rings is 1. The molecule has 0 aliphatic carbocycles. The lowest BCUT2D eigenvalue weighted by Crippen LogP contribution is -2.36. The van der Waals surface area contributed by atoms with Crippen molar-refractivity contribution in [3.63, 3.8) is 0 Å². The Balaban J connectivity index is 1.42. The molecule has 1 aliphatic heterocycles. The Morgan fingerprint density at radius 1 is 1.11 bits per heavy atom. The van der Waals surface area contributed by atoms with Crippen LogP contribution in [-0.2, 0) is 4.79 Å². The summed E-state index contributed by atoms with van der Waals surface area (Å²) in [6.07, 6.45) is 9.57. The van der Waals surface area contributed by atoms with E-state index >= 15 is 0 Å². The average molecular weight is 360 g/mol. The highest BCUT2D eigenvalue weighted by atomic mass is 16.1. The average Bonchev–Trinajstić information content (AvgIpc) is 3.38. The number of hydrogen-bond acceptors (Lipinski definition) is 3. The number of fused-ring (bicyclic) bond motifs is 1. The Morgan fingerprint density at radius 3 is 2.70 bits per heavy atom. The van der Waals surface area contributed by atoms with Crippen LogP contribution in [0.3, 0.4) is 0 Å². The van der Waals surface area contributed by atoms with E-state index in [9.17, 15) is 4.79 Å². The van der Waals surface area contributed by atoms with Crippen LogP contribution in [-0.4, -0.2) is 39.8 Å². The summed E-state index contributed by atoms with van der Waals surface area (Å²) in [5, 5.41) is 3.07. The Labute approximate surface area is 159 Å². The van der Waals surface area contributed by atoms with Crippen molar-refractivity contribution in [3.8, 4) is 0 Å². The molecule has 1 N–H and O–H groups in total. The molecule has 1 aliphatic rings. The smallest absolute Gasteiger partial charge is 0.244 e. The molecule has 138 valence electrons. The van der Waals surface area contributed by atoms with Crippen molar-refractivity contribution in [2.24, 2.45) is 0 Å². The maximum absolute atomic E-state index is 12.4. The summed E-state index contributed by atoms with van der Waals surface area (Å²) in [5.41, 5.74) is 3.01. The quantitative estimate of drug-likeness (QED) is 0.686. The Morgan fingerprint density at radius 2 is 1.89 bits per heavy atom. The second-order valence-electron chi connectivity index (χ2n) is 6.86. The van der Waals surface area contributed by atoms with Crippen molar-refractivity contribution in [1.82, 2.24) is 19.6 Å². The number of amides is 1. The molecule has 0 bridgehead atoms. The van der Waals surface area contributed by atoms with Gasteiger partial charge in [-0.05, 0) is 49.7 Å². The van der Waals surface area contributed by atoms with E-state index in [1.807, 2.05) is 40.9 Å². The zero-order valence-electron chi connectivity index (χ0n) is 15.3. The number of nitrogens with zero attached hydrogens (tertiary/aromatic N) is 3. The van der Waals surface area contributed by atoms with E-state index in [-0.39, 0.29) is 11.9 Å². The van der Waals surface area contributed by atoms with E-state index in [2.05, 4.69) is 39.5 Å². The number of carbonyl (C=O) groups excluding carboxylic acids is 1. The van der Waals surface area contributed by atoms with Gasteiger partial charge in [-0.2, -0.15) is 0 Å². The largest absolute Gasteiger partial charge is 0.351 e. The monoisotopic (exact) mass is 360 g/mol. The van der Waals surface area contributed by atoms with Gasteiger partial charge in [-0.3, -0.25) is 9.69 Å². The summed E-state index contributed by atoms with van der Waals surface area (Å²) in [5.74, 6) is -0.0824. The molecule has 2 aromatic heterocycles. The lowest BCUT2D eigenvalue weighted by molar-refractivity contribution is -0.116. The van der Waals surface area contributed by atoms with Gasteiger partial charge < -0.3 is 9.72 Å². The van der Waals surface area contributed by atoms with Gasteiger partial charge in [0.25, 0.3) is 0 Å². The predicted molar refractivity (Wildman–Crippen MR) is 107 cm³/mol. The Kier molecular flexibility index (Phi) is 5.30. The molecule has 4 rings (SSSR count). The van der Waals surface area contributed by atoms with E-state index < -0.39 is 0 Å². The fourth-order valence-electron chi connectivity index (χ4n) is 3.68. The van der Waals surface area contributed by atoms with Crippen molar-refractivity contribution < 1.29 is 4.79 Å². The summed E-state index contributed by atoms with van der Waals surface area (Å²) in [7, 11) is 0. The predicted octanol–water partition coefficient (Wildman–Crippen LogP) is 3.30. The van der Waals surface area contributed by atoms with Gasteiger partial charge in [0, 0.05) is 18.8 Å². The fraction of sp³-hybridized carbons (Fsp3) is 0.273. The summed E-state index contributed by atoms with van der Waals surface area (Å²) < 4.78 is 1.96. The van der Waals surface area contributed by atoms with Crippen molar-refractivity contribution in [1.29, 1.82) is 0 Å². The van der Waals surface area contributed by atoms with Crippen LogP contribution in [0.2, 0.25) is 0 Å². The third-order valence-electron chi connectivity index (χ3n) is 5.09. The van der Waals surface area contributed by atoms with Crippen LogP contribution in [0.25, 0.3) is 11.7 Å². The second-order valence-corrected chi connectivity index (χ2v) is 6.86. The van der Waals surface area contributed by atoms with Gasteiger partial charge in [0.2, 0.25) is 5.91 Å². The van der Waals surface area contributed by atoms with Gasteiger partial charge in [0.05, 0.1) is 17.9 Å². The lowest BCUT2D eigenvalue weighted by atomic mass is 10.1. The van der Waals surface area contributed by atoms with Gasteiger partial charge in [0.1, 0.15) is 5.65 Å². The minimum Gasteiger partial charge on any atom is -0.351 e. The van der Waals surface area contributed by atoms with E-state index in [0.29, 0.717) is 6.54 Å². The molecule has 1 amide bonds. The normalized spacial score (nSPS) is 16.1. The highest BCUT2D eigenvalue weighted by molar-refractivity contribution is 5.91. The Hall–Kier alpha value is -2.92. The van der Waals surface area contributed by atoms with E-state index in [0.717, 1.165) is 24.4 Å². The van der Waals surface area contributed by atoms with Crippen LogP contribution in [0.5, 0.6) is 0 Å². The highest BCUT2D eigenvalue weighted by Gasteiger charge is 2.23. The number of aromatic nitrogens is 2. The van der Waals surface area contributed by atoms with Gasteiger partial charge in [0.15, 0.2) is 0 Å². The molecule has 0 saturated carbocycles. The van der Waals surface area contributed by atoms with E-state index in [1.54, 1.807) is 12.3 Å². The molecule has 1 fully saturated rings. The van der Waals surface area contributed by atoms with Crippen molar-refractivity contribution in [3.05, 3.63) is 78.3 Å². The number of likely N-dealkylation sites (tertiary alicyclic amines) is 1. The first kappa shape index (κ1) is 17.5. The molecule has 1 aromatic carbocycles. The van der Waals surface area contributed by atoms with Crippen LogP contribution < -0.4 is 5.32 Å². The molecule has 0 spiro atoms. The molecule has 1 unspecified atom stereocenters. The molecule has 0 radical (unpaired) electrons. The van der Waals surface area contributed by atoms with Crippen LogP contribution in [0.15, 0.2) is 67.0 Å². The minimum atomic E-state index is -0.0824. The van der Waals surface area contributed by atoms with Crippen LogP contribution in [0.1, 0.15) is 30.1 Å². The number of rotatable bonds is 6. The topological polar surface area (TPSA) is 49.6 Å². The van der Waals surface area contributed by atoms with Gasteiger partial charge in [-0.1, -0.05) is 36.4 Å². The highest BCUT2D eigenvalue weighted by Crippen LogP contribution is 2.24. The number of hydrogen-bond donors (Lipinski definition) is 1. The number of benzene rings is 1. The van der Waals surface area contributed by atoms with Crippen LogP contribution >= 0.6 is 0 Å². The molecule has 3 aromatic rings. The molecule has 5 heteroatoms. The fourth-order valence-corrected chi connectivity index (χ4v) is 3.68. The lowest BCUT2D eigenvalue weighted by Gasteiger charge is -2.28. The molecule has 1 saturated heterocycles. The first-order valence-corrected chi connectivity index (χ1v) is 9.48. The van der Waals surface area contributed by atoms with Crippen LogP contribution in [0, 0.1) is 0 Å². The third kappa shape index (κ3) is 4.09. The summed E-state index contributed by atoms with van der Waals surface area (Å²) in [4.78, 5) is 19.2. The zero-order valence-corrected chi connectivity index (χ0v) is 15.3. The SMILES string of the molecule is O=C(/C=C/c1cnc2ccccn12)NCC(c1ccccc1)N1CCCC1. The minimum absolute atomic E-state index is 0.0824. The first-order valence-electron chi connectivity index (χ1n) is 9.48. The Bertz CT molecular complexity index is 926. The maximum atomic E-state index is 12.4.